The number of ether oxygens (including phenoxy) is 1. The molecular formula is C14H17ClFNO2. The Morgan fingerprint density at radius 2 is 2.32 bits per heavy atom. The molecule has 1 aliphatic rings. The molecule has 0 saturated carbocycles. The van der Waals surface area contributed by atoms with Crippen molar-refractivity contribution in [1.82, 2.24) is 5.32 Å². The molecule has 2 unspecified atom stereocenters. The van der Waals surface area contributed by atoms with E-state index in [0.717, 1.165) is 6.54 Å². The maximum absolute atomic E-state index is 13.7. The van der Waals surface area contributed by atoms with Crippen molar-refractivity contribution in [3.05, 3.63) is 34.6 Å². The van der Waals surface area contributed by atoms with Gasteiger partial charge >= 0.3 is 0 Å². The first-order valence-electron chi connectivity index (χ1n) is 6.40. The summed E-state index contributed by atoms with van der Waals surface area (Å²) in [6.07, 6.45) is 0.0153. The number of Topliss-reactive ketones (excluding diaryl/α,β-unsaturated/α-hetero) is 1. The van der Waals surface area contributed by atoms with Crippen LogP contribution in [0.3, 0.4) is 0 Å². The van der Waals surface area contributed by atoms with Gasteiger partial charge in [-0.25, -0.2) is 4.39 Å². The summed E-state index contributed by atoms with van der Waals surface area (Å²) in [4.78, 5) is 12.3. The average molecular weight is 286 g/mol. The van der Waals surface area contributed by atoms with Crippen molar-refractivity contribution < 1.29 is 13.9 Å². The van der Waals surface area contributed by atoms with Gasteiger partial charge in [0.1, 0.15) is 11.6 Å². The van der Waals surface area contributed by atoms with E-state index < -0.39 is 5.82 Å². The lowest BCUT2D eigenvalue weighted by Gasteiger charge is -2.17. The fourth-order valence-electron chi connectivity index (χ4n) is 2.34. The fourth-order valence-corrected chi connectivity index (χ4v) is 2.57. The van der Waals surface area contributed by atoms with Gasteiger partial charge in [-0.15, -0.1) is 0 Å². The lowest BCUT2D eigenvalue weighted by Crippen LogP contribution is -2.39. The quantitative estimate of drug-likeness (QED) is 0.901. The van der Waals surface area contributed by atoms with E-state index in [9.17, 15) is 9.18 Å². The summed E-state index contributed by atoms with van der Waals surface area (Å²) in [5.74, 6) is -0.689. The number of likely N-dealkylation sites (N-methyl/N-ethyl adjacent to an activating group) is 1. The largest absolute Gasteiger partial charge is 0.379 e. The third-order valence-electron chi connectivity index (χ3n) is 3.37. The summed E-state index contributed by atoms with van der Waals surface area (Å²) in [6, 6.07) is 4.47. The Labute approximate surface area is 117 Å². The van der Waals surface area contributed by atoms with E-state index in [0.29, 0.717) is 18.2 Å². The first-order valence-corrected chi connectivity index (χ1v) is 6.78. The number of carbonyl (C=O) groups is 1. The normalized spacial score (nSPS) is 22.7. The van der Waals surface area contributed by atoms with Crippen LogP contribution >= 0.6 is 11.6 Å². The van der Waals surface area contributed by atoms with Crippen LogP contribution in [0.2, 0.25) is 5.02 Å². The SMILES string of the molecule is CCNC1COCC1C(=O)Cc1c(F)cccc1Cl. The standard InChI is InChI=1S/C14H17ClFNO2/c1-2-17-13-8-19-7-10(13)14(18)6-9-11(15)4-3-5-12(9)16/h3-5,10,13,17H,2,6-8H2,1H3. The highest BCUT2D eigenvalue weighted by Gasteiger charge is 2.33. The Bertz CT molecular complexity index is 447. The van der Waals surface area contributed by atoms with Gasteiger partial charge in [-0.1, -0.05) is 24.6 Å². The van der Waals surface area contributed by atoms with E-state index >= 15 is 0 Å². The Hall–Kier alpha value is -0.970. The van der Waals surface area contributed by atoms with Gasteiger partial charge in [0.05, 0.1) is 19.1 Å². The second-order valence-corrected chi connectivity index (χ2v) is 5.06. The van der Waals surface area contributed by atoms with Crippen LogP contribution in [-0.4, -0.2) is 31.6 Å². The van der Waals surface area contributed by atoms with Crippen LogP contribution in [0.25, 0.3) is 0 Å². The zero-order chi connectivity index (χ0) is 13.8. The molecule has 1 N–H and O–H groups in total. The molecule has 0 radical (unpaired) electrons. The van der Waals surface area contributed by atoms with Gasteiger partial charge in [-0.3, -0.25) is 4.79 Å². The van der Waals surface area contributed by atoms with Gasteiger partial charge < -0.3 is 10.1 Å². The predicted octanol–water partition coefficient (Wildman–Crippen LogP) is 2.22. The molecule has 1 fully saturated rings. The van der Waals surface area contributed by atoms with Crippen LogP contribution < -0.4 is 5.32 Å². The smallest absolute Gasteiger partial charge is 0.144 e. The Kier molecular flexibility index (Phi) is 4.91. The fraction of sp³-hybridized carbons (Fsp3) is 0.500. The number of ketones is 1. The van der Waals surface area contributed by atoms with Crippen molar-refractivity contribution in [1.29, 1.82) is 0 Å². The lowest BCUT2D eigenvalue weighted by molar-refractivity contribution is -0.122. The lowest BCUT2D eigenvalue weighted by atomic mass is 9.93. The zero-order valence-electron chi connectivity index (χ0n) is 10.8. The van der Waals surface area contributed by atoms with Crippen molar-refractivity contribution in [3.63, 3.8) is 0 Å². The van der Waals surface area contributed by atoms with E-state index in [1.807, 2.05) is 6.92 Å². The minimum absolute atomic E-state index is 0.0153. The number of hydrogen-bond donors (Lipinski definition) is 1. The number of halogens is 2. The molecule has 2 rings (SSSR count). The molecule has 2 atom stereocenters. The second kappa shape index (κ2) is 6.46. The highest BCUT2D eigenvalue weighted by atomic mass is 35.5. The Morgan fingerprint density at radius 3 is 3.00 bits per heavy atom. The Balaban J connectivity index is 2.08. The van der Waals surface area contributed by atoms with Gasteiger partial charge in [0, 0.05) is 23.0 Å². The average Bonchev–Trinajstić information content (AvgIpc) is 2.83. The molecule has 3 nitrogen and oxygen atoms in total. The molecule has 0 bridgehead atoms. The predicted molar refractivity (Wildman–Crippen MR) is 71.9 cm³/mol. The molecule has 0 amide bonds. The molecule has 19 heavy (non-hydrogen) atoms. The molecule has 1 heterocycles. The first kappa shape index (κ1) is 14.4. The minimum atomic E-state index is -0.431. The molecule has 5 heteroatoms. The molecule has 1 aromatic rings. The molecule has 0 aromatic heterocycles. The topological polar surface area (TPSA) is 38.3 Å². The van der Waals surface area contributed by atoms with Gasteiger partial charge in [-0.2, -0.15) is 0 Å². The van der Waals surface area contributed by atoms with Crippen LogP contribution in [0.5, 0.6) is 0 Å². The van der Waals surface area contributed by atoms with Crippen LogP contribution in [0, 0.1) is 11.7 Å². The van der Waals surface area contributed by atoms with Crippen molar-refractivity contribution in [3.8, 4) is 0 Å². The minimum Gasteiger partial charge on any atom is -0.379 e. The van der Waals surface area contributed by atoms with Crippen LogP contribution in [0.1, 0.15) is 12.5 Å². The number of benzene rings is 1. The van der Waals surface area contributed by atoms with E-state index in [1.54, 1.807) is 6.07 Å². The summed E-state index contributed by atoms with van der Waals surface area (Å²) >= 11 is 5.94. The van der Waals surface area contributed by atoms with Crippen molar-refractivity contribution in [2.24, 2.45) is 5.92 Å². The van der Waals surface area contributed by atoms with Crippen molar-refractivity contribution >= 4 is 17.4 Å². The second-order valence-electron chi connectivity index (χ2n) is 4.65. The molecule has 1 aromatic carbocycles. The highest BCUT2D eigenvalue weighted by Crippen LogP contribution is 2.23. The van der Waals surface area contributed by atoms with Gasteiger partial charge in [-0.05, 0) is 18.7 Å². The van der Waals surface area contributed by atoms with Crippen LogP contribution in [-0.2, 0) is 16.0 Å². The van der Waals surface area contributed by atoms with E-state index in [1.165, 1.54) is 12.1 Å². The van der Waals surface area contributed by atoms with E-state index in [4.69, 9.17) is 16.3 Å². The highest BCUT2D eigenvalue weighted by molar-refractivity contribution is 6.31. The maximum atomic E-state index is 13.7. The number of rotatable bonds is 5. The zero-order valence-corrected chi connectivity index (χ0v) is 11.5. The summed E-state index contributed by atoms with van der Waals surface area (Å²) < 4.78 is 19.0. The molecule has 0 aliphatic carbocycles. The molecule has 1 saturated heterocycles. The van der Waals surface area contributed by atoms with E-state index in [-0.39, 0.29) is 29.7 Å². The molecular weight excluding hydrogens is 269 g/mol. The molecule has 0 spiro atoms. The number of nitrogens with one attached hydrogen (secondary N) is 1. The van der Waals surface area contributed by atoms with Crippen molar-refractivity contribution in [2.45, 2.75) is 19.4 Å². The van der Waals surface area contributed by atoms with Gasteiger partial charge in [0.25, 0.3) is 0 Å². The summed E-state index contributed by atoms with van der Waals surface area (Å²) in [7, 11) is 0. The number of hydrogen-bond acceptors (Lipinski definition) is 3. The van der Waals surface area contributed by atoms with Gasteiger partial charge in [0.15, 0.2) is 0 Å². The molecule has 1 aliphatic heterocycles. The third kappa shape index (κ3) is 3.32. The maximum Gasteiger partial charge on any atom is 0.144 e. The van der Waals surface area contributed by atoms with Gasteiger partial charge in [0.2, 0.25) is 0 Å². The monoisotopic (exact) mass is 285 g/mol. The first-order chi connectivity index (χ1) is 9.13. The van der Waals surface area contributed by atoms with Crippen molar-refractivity contribution in [2.75, 3.05) is 19.8 Å². The third-order valence-corrected chi connectivity index (χ3v) is 3.73. The Morgan fingerprint density at radius 1 is 1.53 bits per heavy atom. The summed E-state index contributed by atoms with van der Waals surface area (Å²) in [5, 5.41) is 3.52. The molecule has 104 valence electrons. The van der Waals surface area contributed by atoms with E-state index in [2.05, 4.69) is 5.32 Å². The van der Waals surface area contributed by atoms with Crippen LogP contribution in [0.15, 0.2) is 18.2 Å². The number of carbonyl (C=O) groups excluding carboxylic acids is 1. The summed E-state index contributed by atoms with van der Waals surface area (Å²) in [6.45, 7) is 3.67. The van der Waals surface area contributed by atoms with Crippen LogP contribution in [0.4, 0.5) is 4.39 Å². The summed E-state index contributed by atoms with van der Waals surface area (Å²) in [5.41, 5.74) is 0.274.